The van der Waals surface area contributed by atoms with Crippen LogP contribution in [-0.4, -0.2) is 31.6 Å². The molecule has 1 N–H and O–H groups in total. The number of hydrogen-bond acceptors (Lipinski definition) is 5. The van der Waals surface area contributed by atoms with Crippen molar-refractivity contribution in [2.75, 3.05) is 18.6 Å². The minimum absolute atomic E-state index is 0.177. The van der Waals surface area contributed by atoms with Crippen molar-refractivity contribution in [2.45, 2.75) is 52.4 Å². The van der Waals surface area contributed by atoms with E-state index in [9.17, 15) is 14.4 Å². The Hall–Kier alpha value is -3.32. The van der Waals surface area contributed by atoms with E-state index in [4.69, 9.17) is 21.1 Å². The van der Waals surface area contributed by atoms with Crippen LogP contribution in [0.3, 0.4) is 0 Å². The molecule has 1 heterocycles. The molecule has 4 amide bonds. The first-order valence-corrected chi connectivity index (χ1v) is 12.2. The number of barbiturate groups is 1. The number of amides is 4. The van der Waals surface area contributed by atoms with Gasteiger partial charge in [-0.25, -0.2) is 9.69 Å². The molecule has 1 aliphatic heterocycles. The molecule has 2 aromatic carbocycles. The van der Waals surface area contributed by atoms with Crippen LogP contribution in [0.1, 0.15) is 56.6 Å². The maximum Gasteiger partial charge on any atom is 0.335 e. The maximum atomic E-state index is 13.1. The third-order valence-electron chi connectivity index (χ3n) is 5.77. The normalized spacial score (nSPS) is 14.9. The number of aryl methyl sites for hydroxylation is 1. The molecule has 0 saturated carbocycles. The second-order valence-corrected chi connectivity index (χ2v) is 8.83. The zero-order valence-electron chi connectivity index (χ0n) is 20.4. The van der Waals surface area contributed by atoms with Crippen LogP contribution in [0.5, 0.6) is 11.5 Å². The summed E-state index contributed by atoms with van der Waals surface area (Å²) in [6.45, 7) is 4.59. The largest absolute Gasteiger partial charge is 0.493 e. The van der Waals surface area contributed by atoms with Gasteiger partial charge in [-0.15, -0.1) is 0 Å². The molecule has 1 saturated heterocycles. The lowest BCUT2D eigenvalue weighted by Gasteiger charge is -2.26. The third-order valence-corrected chi connectivity index (χ3v) is 6.18. The molecule has 186 valence electrons. The van der Waals surface area contributed by atoms with Crippen molar-refractivity contribution in [1.82, 2.24) is 5.32 Å². The highest BCUT2D eigenvalue weighted by molar-refractivity contribution is 6.39. The summed E-state index contributed by atoms with van der Waals surface area (Å²) in [6, 6.07) is 9.16. The molecule has 0 aromatic heterocycles. The number of benzene rings is 2. The van der Waals surface area contributed by atoms with Gasteiger partial charge in [-0.05, 0) is 54.8 Å². The van der Waals surface area contributed by atoms with E-state index in [1.165, 1.54) is 44.9 Å². The van der Waals surface area contributed by atoms with E-state index in [1.54, 1.807) is 30.3 Å². The lowest BCUT2D eigenvalue weighted by atomic mass is 10.1. The Balaban J connectivity index is 1.75. The van der Waals surface area contributed by atoms with E-state index in [0.29, 0.717) is 28.7 Å². The smallest absolute Gasteiger partial charge is 0.335 e. The number of carbonyl (C=O) groups is 3. The minimum Gasteiger partial charge on any atom is -0.493 e. The van der Waals surface area contributed by atoms with E-state index in [2.05, 4.69) is 12.2 Å². The fraction of sp³-hybridized carbons (Fsp3) is 0.370. The number of carbonyl (C=O) groups excluding carboxylic acids is 3. The van der Waals surface area contributed by atoms with Gasteiger partial charge in [-0.2, -0.15) is 0 Å². The lowest BCUT2D eigenvalue weighted by molar-refractivity contribution is -0.122. The Labute approximate surface area is 211 Å². The van der Waals surface area contributed by atoms with Gasteiger partial charge >= 0.3 is 6.03 Å². The highest BCUT2D eigenvalue weighted by Gasteiger charge is 2.37. The quantitative estimate of drug-likeness (QED) is 0.231. The van der Waals surface area contributed by atoms with Gasteiger partial charge in [0.2, 0.25) is 0 Å². The van der Waals surface area contributed by atoms with Crippen molar-refractivity contribution in [2.24, 2.45) is 0 Å². The summed E-state index contributed by atoms with van der Waals surface area (Å²) in [5.74, 6) is -0.418. The van der Waals surface area contributed by atoms with Crippen molar-refractivity contribution in [3.05, 3.63) is 58.1 Å². The molecule has 0 bridgehead atoms. The number of hydrogen-bond donors (Lipinski definition) is 1. The number of nitrogens with one attached hydrogen (secondary N) is 1. The second kappa shape index (κ2) is 12.4. The Kier molecular flexibility index (Phi) is 9.32. The van der Waals surface area contributed by atoms with Crippen molar-refractivity contribution in [1.29, 1.82) is 0 Å². The highest BCUT2D eigenvalue weighted by atomic mass is 35.5. The summed E-state index contributed by atoms with van der Waals surface area (Å²) in [5.41, 5.74) is 1.46. The van der Waals surface area contributed by atoms with E-state index in [-0.39, 0.29) is 11.3 Å². The Morgan fingerprint density at radius 3 is 2.43 bits per heavy atom. The van der Waals surface area contributed by atoms with E-state index in [1.807, 2.05) is 6.92 Å². The van der Waals surface area contributed by atoms with Crippen LogP contribution in [0.4, 0.5) is 10.5 Å². The molecular weight excluding hydrogens is 468 g/mol. The standard InChI is InChI=1S/C27H31ClN2O5/c1-4-5-6-7-8-9-14-35-23-13-11-19(16-24(23)34-3)15-21-25(31)29-27(33)30(26(21)32)20-12-10-18(2)22(28)17-20/h10-13,15-17H,4-9,14H2,1-3H3,(H,29,31,33)/b21-15+. The van der Waals surface area contributed by atoms with Crippen LogP contribution in [0, 0.1) is 6.92 Å². The number of methoxy groups -OCH3 is 1. The van der Waals surface area contributed by atoms with Crippen LogP contribution < -0.4 is 19.7 Å². The maximum absolute atomic E-state index is 13.1. The van der Waals surface area contributed by atoms with Crippen LogP contribution in [0.25, 0.3) is 6.08 Å². The zero-order valence-corrected chi connectivity index (χ0v) is 21.1. The first-order valence-electron chi connectivity index (χ1n) is 11.8. The molecule has 2 aromatic rings. The molecule has 3 rings (SSSR count). The molecule has 0 spiro atoms. The summed E-state index contributed by atoms with van der Waals surface area (Å²) < 4.78 is 11.3. The molecule has 0 radical (unpaired) electrons. The zero-order chi connectivity index (χ0) is 25.4. The van der Waals surface area contributed by atoms with Crippen molar-refractivity contribution in [3.8, 4) is 11.5 Å². The molecule has 0 unspecified atom stereocenters. The predicted molar refractivity (Wildman–Crippen MR) is 137 cm³/mol. The van der Waals surface area contributed by atoms with E-state index >= 15 is 0 Å². The van der Waals surface area contributed by atoms with Gasteiger partial charge in [-0.1, -0.05) is 62.8 Å². The van der Waals surface area contributed by atoms with Gasteiger partial charge in [0.05, 0.1) is 19.4 Å². The highest BCUT2D eigenvalue weighted by Crippen LogP contribution is 2.31. The second-order valence-electron chi connectivity index (χ2n) is 8.42. The monoisotopic (exact) mass is 498 g/mol. The van der Waals surface area contributed by atoms with Gasteiger partial charge in [0, 0.05) is 5.02 Å². The Morgan fingerprint density at radius 2 is 1.71 bits per heavy atom. The summed E-state index contributed by atoms with van der Waals surface area (Å²) in [7, 11) is 1.53. The summed E-state index contributed by atoms with van der Waals surface area (Å²) >= 11 is 6.17. The summed E-state index contributed by atoms with van der Waals surface area (Å²) in [5, 5.41) is 2.62. The molecule has 35 heavy (non-hydrogen) atoms. The van der Waals surface area contributed by atoms with Gasteiger partial charge in [0.1, 0.15) is 5.57 Å². The van der Waals surface area contributed by atoms with Gasteiger partial charge < -0.3 is 9.47 Å². The molecule has 1 aliphatic rings. The van der Waals surface area contributed by atoms with Gasteiger partial charge in [0.25, 0.3) is 11.8 Å². The molecule has 1 fully saturated rings. The fourth-order valence-electron chi connectivity index (χ4n) is 3.74. The third kappa shape index (κ3) is 6.63. The topological polar surface area (TPSA) is 84.9 Å². The number of rotatable bonds is 11. The van der Waals surface area contributed by atoms with Gasteiger partial charge in [0.15, 0.2) is 11.5 Å². The van der Waals surface area contributed by atoms with E-state index < -0.39 is 17.8 Å². The van der Waals surface area contributed by atoms with Crippen LogP contribution in [-0.2, 0) is 9.59 Å². The van der Waals surface area contributed by atoms with Crippen molar-refractivity contribution in [3.63, 3.8) is 0 Å². The number of urea groups is 1. The minimum atomic E-state index is -0.826. The molecule has 0 atom stereocenters. The number of unbranched alkanes of at least 4 members (excludes halogenated alkanes) is 5. The molecule has 7 nitrogen and oxygen atoms in total. The van der Waals surface area contributed by atoms with Crippen molar-refractivity contribution >= 4 is 41.2 Å². The van der Waals surface area contributed by atoms with Crippen LogP contribution >= 0.6 is 11.6 Å². The molecule has 8 heteroatoms. The lowest BCUT2D eigenvalue weighted by Crippen LogP contribution is -2.54. The Bertz CT molecular complexity index is 1130. The average molecular weight is 499 g/mol. The number of halogens is 1. The molecule has 0 aliphatic carbocycles. The summed E-state index contributed by atoms with van der Waals surface area (Å²) in [4.78, 5) is 38.9. The van der Waals surface area contributed by atoms with E-state index in [0.717, 1.165) is 23.3 Å². The van der Waals surface area contributed by atoms with Crippen LogP contribution in [0.15, 0.2) is 42.0 Å². The Morgan fingerprint density at radius 1 is 0.971 bits per heavy atom. The number of ether oxygens (including phenoxy) is 2. The van der Waals surface area contributed by atoms with Crippen molar-refractivity contribution < 1.29 is 23.9 Å². The number of imide groups is 2. The first kappa shape index (κ1) is 26.3. The van der Waals surface area contributed by atoms with Gasteiger partial charge in [-0.3, -0.25) is 14.9 Å². The SMILES string of the molecule is CCCCCCCCOc1ccc(/C=C2\C(=O)NC(=O)N(c3ccc(C)c(Cl)c3)C2=O)cc1OC. The number of nitrogens with zero attached hydrogens (tertiary/aromatic N) is 1. The fourth-order valence-corrected chi connectivity index (χ4v) is 3.91. The first-order chi connectivity index (χ1) is 16.8. The average Bonchev–Trinajstić information content (AvgIpc) is 2.83. The predicted octanol–water partition coefficient (Wildman–Crippen LogP) is 6.06. The summed E-state index contributed by atoms with van der Waals surface area (Å²) in [6.07, 6.45) is 8.42. The molecular formula is C27H31ClN2O5. The number of anilines is 1. The van der Waals surface area contributed by atoms with Crippen LogP contribution in [0.2, 0.25) is 5.02 Å².